The zero-order chi connectivity index (χ0) is 21.6. The van der Waals surface area contributed by atoms with E-state index in [-0.39, 0.29) is 17.8 Å². The Bertz CT molecular complexity index is 872. The Morgan fingerprint density at radius 2 is 2.03 bits per heavy atom. The van der Waals surface area contributed by atoms with Crippen LogP contribution in [0.5, 0.6) is 5.75 Å². The van der Waals surface area contributed by atoms with Gasteiger partial charge in [-0.05, 0) is 62.6 Å². The van der Waals surface area contributed by atoms with E-state index in [0.717, 1.165) is 32.4 Å². The molecule has 3 heterocycles. The van der Waals surface area contributed by atoms with Gasteiger partial charge in [-0.15, -0.1) is 13.2 Å². The summed E-state index contributed by atoms with van der Waals surface area (Å²) in [7, 11) is 0. The first kappa shape index (κ1) is 20.7. The summed E-state index contributed by atoms with van der Waals surface area (Å²) in [6.45, 7) is 2.84. The van der Waals surface area contributed by atoms with Gasteiger partial charge in [0.1, 0.15) is 5.75 Å². The van der Waals surface area contributed by atoms with Gasteiger partial charge in [0.2, 0.25) is 0 Å². The van der Waals surface area contributed by atoms with Gasteiger partial charge in [0.25, 0.3) is 0 Å². The molecule has 8 heteroatoms. The molecule has 0 spiro atoms. The van der Waals surface area contributed by atoms with Crippen molar-refractivity contribution in [2.75, 3.05) is 25.0 Å². The summed E-state index contributed by atoms with van der Waals surface area (Å²) in [5, 5.41) is 2.80. The largest absolute Gasteiger partial charge is 0.573 e. The number of piperidine rings is 3. The summed E-state index contributed by atoms with van der Waals surface area (Å²) in [5.41, 5.74) is 1.68. The molecule has 168 valence electrons. The fraction of sp³-hybridized carbons (Fsp3) is 0.609. The normalized spacial score (nSPS) is 30.7. The maximum Gasteiger partial charge on any atom is 0.573 e. The molecule has 3 fully saturated rings. The van der Waals surface area contributed by atoms with Gasteiger partial charge in [0.05, 0.1) is 6.04 Å². The molecule has 1 N–H and O–H groups in total. The van der Waals surface area contributed by atoms with Crippen LogP contribution >= 0.6 is 0 Å². The average molecular weight is 435 g/mol. The Labute approximate surface area is 180 Å². The van der Waals surface area contributed by atoms with Gasteiger partial charge in [-0.2, -0.15) is 0 Å². The van der Waals surface area contributed by atoms with Crippen LogP contribution in [0.4, 0.5) is 23.7 Å². The molecule has 0 radical (unpaired) electrons. The van der Waals surface area contributed by atoms with Crippen molar-refractivity contribution in [3.05, 3.63) is 35.9 Å². The van der Waals surface area contributed by atoms with Crippen LogP contribution in [0.3, 0.4) is 0 Å². The standard InChI is InChI=1S/C23H28F3N3O2/c24-23(25,26)31-19-7-3-6-18(13-19)27-22(30)29-10-4-5-15-11-16-12-17(21(15)29)14-28-9-2-1-8-20(16)28/h3,6-7,11,13,16-17,20-21H,1-2,4-5,8-10,12,14H2,(H,27,30). The summed E-state index contributed by atoms with van der Waals surface area (Å²) in [4.78, 5) is 17.7. The van der Waals surface area contributed by atoms with Crippen molar-refractivity contribution in [3.63, 3.8) is 0 Å². The topological polar surface area (TPSA) is 44.8 Å². The molecular weight excluding hydrogens is 407 g/mol. The predicted octanol–water partition coefficient (Wildman–Crippen LogP) is 5.01. The van der Waals surface area contributed by atoms with Gasteiger partial charge in [-0.3, -0.25) is 4.90 Å². The molecule has 0 saturated carbocycles. The summed E-state index contributed by atoms with van der Waals surface area (Å²) < 4.78 is 41.5. The minimum Gasteiger partial charge on any atom is -0.406 e. The molecule has 5 nitrogen and oxygen atoms in total. The Hall–Kier alpha value is -2.22. The maximum atomic E-state index is 13.2. The van der Waals surface area contributed by atoms with Crippen molar-refractivity contribution in [3.8, 4) is 5.75 Å². The number of nitrogens with one attached hydrogen (secondary N) is 1. The third kappa shape index (κ3) is 4.27. The van der Waals surface area contributed by atoms with Crippen LogP contribution in [0, 0.1) is 11.8 Å². The van der Waals surface area contributed by atoms with Crippen LogP contribution in [0.2, 0.25) is 0 Å². The number of anilines is 1. The lowest BCUT2D eigenvalue weighted by Gasteiger charge is -2.54. The molecule has 3 aliphatic heterocycles. The number of benzene rings is 1. The number of urea groups is 1. The van der Waals surface area contributed by atoms with E-state index in [9.17, 15) is 18.0 Å². The van der Waals surface area contributed by atoms with E-state index in [2.05, 4.69) is 21.0 Å². The number of rotatable bonds is 2. The molecule has 3 saturated heterocycles. The van der Waals surface area contributed by atoms with Gasteiger partial charge in [-0.1, -0.05) is 24.1 Å². The summed E-state index contributed by atoms with van der Waals surface area (Å²) in [5.74, 6) is 0.670. The SMILES string of the molecule is O=C(Nc1cccc(OC(F)(F)F)c1)N1CCCC2=CC3CC(CN4CCCCC34)C21. The van der Waals surface area contributed by atoms with Crippen LogP contribution in [0.1, 0.15) is 38.5 Å². The van der Waals surface area contributed by atoms with Gasteiger partial charge < -0.3 is 15.0 Å². The number of amides is 2. The molecule has 4 unspecified atom stereocenters. The second-order valence-electron chi connectivity index (χ2n) is 9.21. The fourth-order valence-electron chi connectivity index (χ4n) is 6.17. The van der Waals surface area contributed by atoms with Crippen LogP contribution in [0.15, 0.2) is 35.9 Å². The van der Waals surface area contributed by atoms with E-state index in [1.165, 1.54) is 43.0 Å². The lowest BCUT2D eigenvalue weighted by Crippen LogP contribution is -2.60. The van der Waals surface area contributed by atoms with E-state index < -0.39 is 6.36 Å². The van der Waals surface area contributed by atoms with Crippen molar-refractivity contribution in [2.45, 2.75) is 57.0 Å². The van der Waals surface area contributed by atoms with Gasteiger partial charge in [0.15, 0.2) is 0 Å². The predicted molar refractivity (Wildman–Crippen MR) is 111 cm³/mol. The third-order valence-electron chi connectivity index (χ3n) is 7.24. The lowest BCUT2D eigenvalue weighted by molar-refractivity contribution is -0.274. The first-order valence-corrected chi connectivity index (χ1v) is 11.3. The van der Waals surface area contributed by atoms with Gasteiger partial charge in [0, 0.05) is 30.9 Å². The summed E-state index contributed by atoms with van der Waals surface area (Å²) in [6, 6.07) is 5.95. The number of hydrogen-bond donors (Lipinski definition) is 1. The lowest BCUT2D eigenvalue weighted by atomic mass is 9.68. The molecule has 2 bridgehead atoms. The number of nitrogens with zero attached hydrogens (tertiary/aromatic N) is 2. The number of carbonyl (C=O) groups excluding carboxylic acids is 1. The number of fused-ring (bicyclic) bond motifs is 6. The van der Waals surface area contributed by atoms with Crippen molar-refractivity contribution in [2.24, 2.45) is 11.8 Å². The Kier molecular flexibility index (Phi) is 5.36. The van der Waals surface area contributed by atoms with Crippen LogP contribution < -0.4 is 10.1 Å². The minimum atomic E-state index is -4.76. The number of likely N-dealkylation sites (tertiary alicyclic amines) is 1. The number of hydrogen-bond acceptors (Lipinski definition) is 3. The van der Waals surface area contributed by atoms with Gasteiger partial charge >= 0.3 is 12.4 Å². The molecular formula is C23H28F3N3O2. The van der Waals surface area contributed by atoms with Crippen LogP contribution in [-0.4, -0.2) is 53.9 Å². The highest BCUT2D eigenvalue weighted by molar-refractivity contribution is 5.90. The van der Waals surface area contributed by atoms with Crippen molar-refractivity contribution in [1.29, 1.82) is 0 Å². The smallest absolute Gasteiger partial charge is 0.406 e. The zero-order valence-electron chi connectivity index (χ0n) is 17.4. The fourth-order valence-corrected chi connectivity index (χ4v) is 6.17. The Morgan fingerprint density at radius 3 is 2.87 bits per heavy atom. The number of carbonyl (C=O) groups is 1. The summed E-state index contributed by atoms with van der Waals surface area (Å²) in [6.07, 6.45) is 4.57. The quantitative estimate of drug-likeness (QED) is 0.664. The highest BCUT2D eigenvalue weighted by atomic mass is 19.4. The highest BCUT2D eigenvalue weighted by Crippen LogP contribution is 2.45. The molecule has 5 rings (SSSR count). The average Bonchev–Trinajstić information content (AvgIpc) is 2.72. The van der Waals surface area contributed by atoms with Crippen molar-refractivity contribution >= 4 is 11.7 Å². The third-order valence-corrected chi connectivity index (χ3v) is 7.24. The summed E-state index contributed by atoms with van der Waals surface area (Å²) >= 11 is 0. The zero-order valence-corrected chi connectivity index (χ0v) is 17.4. The Morgan fingerprint density at radius 1 is 1.16 bits per heavy atom. The molecule has 4 aliphatic rings. The molecule has 1 aliphatic carbocycles. The maximum absolute atomic E-state index is 13.2. The second kappa shape index (κ2) is 8.04. The first-order chi connectivity index (χ1) is 14.9. The number of alkyl halides is 3. The van der Waals surface area contributed by atoms with E-state index in [1.54, 1.807) is 6.07 Å². The number of halogens is 3. The molecule has 1 aromatic rings. The second-order valence-corrected chi connectivity index (χ2v) is 9.21. The molecule has 0 aromatic heterocycles. The van der Waals surface area contributed by atoms with E-state index >= 15 is 0 Å². The minimum absolute atomic E-state index is 0.0856. The molecule has 2 amide bonds. The van der Waals surface area contributed by atoms with Crippen LogP contribution in [0.25, 0.3) is 0 Å². The van der Waals surface area contributed by atoms with E-state index in [0.29, 0.717) is 30.1 Å². The van der Waals surface area contributed by atoms with E-state index in [4.69, 9.17) is 0 Å². The van der Waals surface area contributed by atoms with Crippen molar-refractivity contribution < 1.29 is 22.7 Å². The highest BCUT2D eigenvalue weighted by Gasteiger charge is 2.47. The molecule has 1 aromatic carbocycles. The molecule has 4 atom stereocenters. The van der Waals surface area contributed by atoms with Crippen molar-refractivity contribution in [1.82, 2.24) is 9.80 Å². The van der Waals surface area contributed by atoms with Gasteiger partial charge in [-0.25, -0.2) is 4.79 Å². The Balaban J connectivity index is 1.33. The number of ether oxygens (including phenoxy) is 1. The monoisotopic (exact) mass is 435 g/mol. The van der Waals surface area contributed by atoms with E-state index in [1.807, 2.05) is 4.90 Å². The molecule has 31 heavy (non-hydrogen) atoms. The first-order valence-electron chi connectivity index (χ1n) is 11.3. The van der Waals surface area contributed by atoms with Crippen LogP contribution in [-0.2, 0) is 0 Å².